The summed E-state index contributed by atoms with van der Waals surface area (Å²) in [6, 6.07) is 8.63. The van der Waals surface area contributed by atoms with Crippen LogP contribution in [0.3, 0.4) is 0 Å². The number of hydrogen-bond acceptors (Lipinski definition) is 1. The van der Waals surface area contributed by atoms with Crippen molar-refractivity contribution < 1.29 is 0 Å². The van der Waals surface area contributed by atoms with Crippen LogP contribution < -0.4 is 0 Å². The fourth-order valence-electron chi connectivity index (χ4n) is 3.05. The number of fused-ring (bicyclic) bond motifs is 1. The second-order valence-corrected chi connectivity index (χ2v) is 6.55. The molecule has 1 aromatic heterocycles. The van der Waals surface area contributed by atoms with Crippen molar-refractivity contribution >= 4 is 39.1 Å². The van der Waals surface area contributed by atoms with Gasteiger partial charge in [0, 0.05) is 10.6 Å². The predicted octanol–water partition coefficient (Wildman–Crippen LogP) is 6.10. The Morgan fingerprint density at radius 1 is 1.21 bits per heavy atom. The number of halogens is 1. The predicted molar refractivity (Wildman–Crippen MR) is 87.1 cm³/mol. The molecule has 1 saturated carbocycles. The SMILES string of the molecule is ClCC(=Cc1csc2ccccc12)C1CCCCC1. The van der Waals surface area contributed by atoms with Crippen LogP contribution >= 0.6 is 22.9 Å². The Bertz CT molecular complexity index is 576. The topological polar surface area (TPSA) is 0 Å². The van der Waals surface area contributed by atoms with Gasteiger partial charge in [-0.3, -0.25) is 0 Å². The van der Waals surface area contributed by atoms with Crippen molar-refractivity contribution in [3.63, 3.8) is 0 Å². The Hall–Kier alpha value is -0.790. The van der Waals surface area contributed by atoms with Gasteiger partial charge in [0.05, 0.1) is 0 Å². The van der Waals surface area contributed by atoms with Crippen molar-refractivity contribution in [1.82, 2.24) is 0 Å². The number of thiophene rings is 1. The van der Waals surface area contributed by atoms with E-state index in [9.17, 15) is 0 Å². The van der Waals surface area contributed by atoms with E-state index in [1.807, 2.05) is 11.3 Å². The maximum atomic E-state index is 6.20. The molecule has 0 atom stereocenters. The summed E-state index contributed by atoms with van der Waals surface area (Å²) in [5, 5.41) is 3.63. The first-order valence-electron chi connectivity index (χ1n) is 7.11. The van der Waals surface area contributed by atoms with Gasteiger partial charge < -0.3 is 0 Å². The molecule has 19 heavy (non-hydrogen) atoms. The summed E-state index contributed by atoms with van der Waals surface area (Å²) in [6.07, 6.45) is 9.11. The Labute approximate surface area is 124 Å². The van der Waals surface area contributed by atoms with Gasteiger partial charge in [-0.15, -0.1) is 22.9 Å². The summed E-state index contributed by atoms with van der Waals surface area (Å²) in [4.78, 5) is 0. The van der Waals surface area contributed by atoms with Gasteiger partial charge in [0.2, 0.25) is 0 Å². The molecule has 0 spiro atoms. The van der Waals surface area contributed by atoms with Gasteiger partial charge >= 0.3 is 0 Å². The van der Waals surface area contributed by atoms with Crippen molar-refractivity contribution in [1.29, 1.82) is 0 Å². The van der Waals surface area contributed by atoms with Gasteiger partial charge in [-0.1, -0.05) is 49.1 Å². The molecule has 3 rings (SSSR count). The van der Waals surface area contributed by atoms with E-state index >= 15 is 0 Å². The van der Waals surface area contributed by atoms with Crippen LogP contribution in [0, 0.1) is 5.92 Å². The molecule has 0 amide bonds. The van der Waals surface area contributed by atoms with Crippen LogP contribution in [-0.2, 0) is 0 Å². The molecule has 0 aliphatic heterocycles. The molecule has 0 saturated heterocycles. The van der Waals surface area contributed by atoms with Crippen LogP contribution in [0.2, 0.25) is 0 Å². The molecule has 0 unspecified atom stereocenters. The lowest BCUT2D eigenvalue weighted by atomic mass is 9.83. The van der Waals surface area contributed by atoms with Crippen LogP contribution in [0.4, 0.5) is 0 Å². The lowest BCUT2D eigenvalue weighted by Gasteiger charge is -2.23. The normalized spacial score (nSPS) is 18.1. The molecule has 2 aromatic rings. The molecule has 0 radical (unpaired) electrons. The quantitative estimate of drug-likeness (QED) is 0.599. The number of alkyl halides is 1. The Morgan fingerprint density at radius 3 is 2.79 bits per heavy atom. The summed E-state index contributed by atoms with van der Waals surface area (Å²) in [6.45, 7) is 0. The van der Waals surface area contributed by atoms with Gasteiger partial charge in [0.15, 0.2) is 0 Å². The Morgan fingerprint density at radius 2 is 2.00 bits per heavy atom. The number of rotatable bonds is 3. The second-order valence-electron chi connectivity index (χ2n) is 5.38. The molecule has 1 aliphatic rings. The summed E-state index contributed by atoms with van der Waals surface area (Å²) >= 11 is 8.03. The monoisotopic (exact) mass is 290 g/mol. The van der Waals surface area contributed by atoms with Gasteiger partial charge in [-0.2, -0.15) is 0 Å². The van der Waals surface area contributed by atoms with Crippen molar-refractivity contribution in [3.05, 3.63) is 40.8 Å². The van der Waals surface area contributed by atoms with E-state index in [0.29, 0.717) is 11.8 Å². The van der Waals surface area contributed by atoms with E-state index in [1.54, 1.807) is 0 Å². The number of benzene rings is 1. The van der Waals surface area contributed by atoms with Crippen LogP contribution in [0.5, 0.6) is 0 Å². The van der Waals surface area contributed by atoms with Crippen molar-refractivity contribution in [2.24, 2.45) is 5.92 Å². The zero-order valence-electron chi connectivity index (χ0n) is 11.1. The third-order valence-corrected chi connectivity index (χ3v) is 5.43. The van der Waals surface area contributed by atoms with Crippen LogP contribution in [0.25, 0.3) is 16.2 Å². The molecular weight excluding hydrogens is 272 g/mol. The summed E-state index contributed by atoms with van der Waals surface area (Å²) in [7, 11) is 0. The lowest BCUT2D eigenvalue weighted by Crippen LogP contribution is -2.10. The minimum absolute atomic E-state index is 0.675. The molecule has 1 heterocycles. The first-order valence-corrected chi connectivity index (χ1v) is 8.52. The molecule has 1 aliphatic carbocycles. The fraction of sp³-hybridized carbons (Fsp3) is 0.412. The van der Waals surface area contributed by atoms with Crippen molar-refractivity contribution in [2.75, 3.05) is 5.88 Å². The number of allylic oxidation sites excluding steroid dienone is 1. The highest BCUT2D eigenvalue weighted by molar-refractivity contribution is 7.17. The Kier molecular flexibility index (Phi) is 4.24. The summed E-state index contributed by atoms with van der Waals surface area (Å²) in [5.74, 6) is 1.39. The molecule has 1 aromatic carbocycles. The molecule has 1 fully saturated rings. The van der Waals surface area contributed by atoms with E-state index in [0.717, 1.165) is 0 Å². The van der Waals surface area contributed by atoms with Gasteiger partial charge in [-0.25, -0.2) is 0 Å². The van der Waals surface area contributed by atoms with Gasteiger partial charge in [0.25, 0.3) is 0 Å². The minimum atomic E-state index is 0.675. The van der Waals surface area contributed by atoms with Crippen LogP contribution in [0.1, 0.15) is 37.7 Å². The van der Waals surface area contributed by atoms with Crippen molar-refractivity contribution in [2.45, 2.75) is 32.1 Å². The zero-order valence-corrected chi connectivity index (χ0v) is 12.6. The first-order chi connectivity index (χ1) is 9.38. The largest absolute Gasteiger partial charge is 0.143 e. The first kappa shape index (κ1) is 13.2. The fourth-order valence-corrected chi connectivity index (χ4v) is 4.26. The highest BCUT2D eigenvalue weighted by Crippen LogP contribution is 2.34. The Balaban J connectivity index is 1.93. The van der Waals surface area contributed by atoms with Gasteiger partial charge in [-0.05, 0) is 41.2 Å². The van der Waals surface area contributed by atoms with Crippen molar-refractivity contribution in [3.8, 4) is 0 Å². The average Bonchev–Trinajstić information content (AvgIpc) is 2.89. The zero-order chi connectivity index (χ0) is 13.1. The molecule has 0 bridgehead atoms. The van der Waals surface area contributed by atoms with E-state index in [2.05, 4.69) is 35.7 Å². The molecule has 0 N–H and O–H groups in total. The van der Waals surface area contributed by atoms with Crippen LogP contribution in [-0.4, -0.2) is 5.88 Å². The van der Waals surface area contributed by atoms with E-state index in [4.69, 9.17) is 11.6 Å². The second kappa shape index (κ2) is 6.11. The highest BCUT2D eigenvalue weighted by Gasteiger charge is 2.17. The lowest BCUT2D eigenvalue weighted by molar-refractivity contribution is 0.405. The van der Waals surface area contributed by atoms with Crippen LogP contribution in [0.15, 0.2) is 35.2 Å². The summed E-state index contributed by atoms with van der Waals surface area (Å²) < 4.78 is 1.37. The van der Waals surface area contributed by atoms with E-state index < -0.39 is 0 Å². The third-order valence-electron chi connectivity index (χ3n) is 4.14. The maximum absolute atomic E-state index is 6.20. The van der Waals surface area contributed by atoms with E-state index in [-0.39, 0.29) is 0 Å². The molecule has 2 heteroatoms. The third kappa shape index (κ3) is 2.88. The molecule has 100 valence electrons. The standard InChI is InChI=1S/C17H19ClS/c18-11-14(13-6-2-1-3-7-13)10-15-12-19-17-9-5-4-8-16(15)17/h4-5,8-10,12-13H,1-3,6-7,11H2. The van der Waals surface area contributed by atoms with E-state index in [1.165, 1.54) is 53.3 Å². The smallest absolute Gasteiger partial charge is 0.0439 e. The van der Waals surface area contributed by atoms with Gasteiger partial charge in [0.1, 0.15) is 0 Å². The average molecular weight is 291 g/mol. The number of hydrogen-bond donors (Lipinski definition) is 0. The molecular formula is C17H19ClS. The summed E-state index contributed by atoms with van der Waals surface area (Å²) in [5.41, 5.74) is 2.78. The highest BCUT2D eigenvalue weighted by atomic mass is 35.5. The minimum Gasteiger partial charge on any atom is -0.143 e. The maximum Gasteiger partial charge on any atom is 0.0439 e. The molecule has 0 nitrogen and oxygen atoms in total.